The van der Waals surface area contributed by atoms with Crippen LogP contribution in [0, 0.1) is 0 Å². The number of nitrogens with zero attached hydrogens (tertiary/aromatic N) is 1. The monoisotopic (exact) mass is 272 g/mol. The Morgan fingerprint density at radius 2 is 1.95 bits per heavy atom. The number of aliphatic hydroxyl groups excluding tert-OH is 1. The predicted molar refractivity (Wildman–Crippen MR) is 76.6 cm³/mol. The third-order valence-electron chi connectivity index (χ3n) is 3.96. The number of quaternary nitrogens is 1. The lowest BCUT2D eigenvalue weighted by atomic mass is 10.2. The molecular formula is C15H30NO3+. The zero-order valence-corrected chi connectivity index (χ0v) is 12.7. The number of likely N-dealkylation sites (N-methyl/N-ethyl adjacent to an activating group) is 1. The van der Waals surface area contributed by atoms with Crippen molar-refractivity contribution in [3.63, 3.8) is 0 Å². The molecule has 0 aromatic carbocycles. The number of aliphatic hydroxyl groups is 1. The summed E-state index contributed by atoms with van der Waals surface area (Å²) in [5, 5.41) is 9.88. The zero-order chi connectivity index (χ0) is 14.1. The topological polar surface area (TPSA) is 38.7 Å². The van der Waals surface area contributed by atoms with Gasteiger partial charge in [-0.25, -0.2) is 0 Å². The molecule has 1 N–H and O–H groups in total. The van der Waals surface area contributed by atoms with E-state index in [1.807, 2.05) is 6.08 Å². The van der Waals surface area contributed by atoms with Gasteiger partial charge in [0.05, 0.1) is 32.5 Å². The van der Waals surface area contributed by atoms with E-state index in [1.54, 1.807) is 6.26 Å². The molecule has 112 valence electrons. The summed E-state index contributed by atoms with van der Waals surface area (Å²) in [6.07, 6.45) is 5.63. The molecule has 0 aromatic heterocycles. The van der Waals surface area contributed by atoms with Crippen LogP contribution in [-0.2, 0) is 9.47 Å². The Hall–Kier alpha value is -0.580. The minimum absolute atomic E-state index is 0.221. The summed E-state index contributed by atoms with van der Waals surface area (Å²) in [5.74, 6) is 0. The molecule has 1 rings (SSSR count). The molecule has 0 saturated heterocycles. The zero-order valence-electron chi connectivity index (χ0n) is 12.7. The van der Waals surface area contributed by atoms with E-state index in [-0.39, 0.29) is 6.10 Å². The molecule has 4 nitrogen and oxygen atoms in total. The van der Waals surface area contributed by atoms with Crippen LogP contribution in [0.2, 0.25) is 0 Å². The molecule has 0 spiro atoms. The van der Waals surface area contributed by atoms with Gasteiger partial charge < -0.3 is 19.1 Å². The average molecular weight is 272 g/mol. The molecule has 0 bridgehead atoms. The molecule has 2 atom stereocenters. The lowest BCUT2D eigenvalue weighted by Crippen LogP contribution is -2.51. The van der Waals surface area contributed by atoms with Crippen molar-refractivity contribution in [3.05, 3.63) is 12.3 Å². The van der Waals surface area contributed by atoms with Gasteiger partial charge in [0, 0.05) is 6.42 Å². The van der Waals surface area contributed by atoms with Gasteiger partial charge in [-0.1, -0.05) is 13.8 Å². The van der Waals surface area contributed by atoms with Crippen LogP contribution in [0.3, 0.4) is 0 Å². The van der Waals surface area contributed by atoms with E-state index < -0.39 is 6.29 Å². The van der Waals surface area contributed by atoms with Crippen molar-refractivity contribution in [3.8, 4) is 0 Å². The molecule has 0 amide bonds. The standard InChI is InChI=1S/C15H30NO3/c1-4-9-16(6-3,10-5-2)11-13-19-15(17)14-8-7-12-18-14/h7,12,14-15,17H,4-6,8-11,13H2,1-3H3/q+1. The Labute approximate surface area is 117 Å². The highest BCUT2D eigenvalue weighted by Gasteiger charge is 2.26. The van der Waals surface area contributed by atoms with E-state index in [4.69, 9.17) is 9.47 Å². The molecule has 0 saturated carbocycles. The molecule has 1 aliphatic rings. The van der Waals surface area contributed by atoms with Crippen molar-refractivity contribution in [2.75, 3.05) is 32.8 Å². The molecule has 19 heavy (non-hydrogen) atoms. The summed E-state index contributed by atoms with van der Waals surface area (Å²) < 4.78 is 11.9. The van der Waals surface area contributed by atoms with Gasteiger partial charge in [0.15, 0.2) is 12.4 Å². The second kappa shape index (κ2) is 8.56. The third kappa shape index (κ3) is 5.13. The van der Waals surface area contributed by atoms with Gasteiger partial charge in [-0.3, -0.25) is 0 Å². The van der Waals surface area contributed by atoms with E-state index >= 15 is 0 Å². The fraction of sp³-hybridized carbons (Fsp3) is 0.867. The summed E-state index contributed by atoms with van der Waals surface area (Å²) in [4.78, 5) is 0. The molecule has 4 heteroatoms. The van der Waals surface area contributed by atoms with Crippen LogP contribution < -0.4 is 0 Å². The first-order chi connectivity index (χ1) is 9.17. The van der Waals surface area contributed by atoms with Gasteiger partial charge in [-0.15, -0.1) is 0 Å². The summed E-state index contributed by atoms with van der Waals surface area (Å²) >= 11 is 0. The lowest BCUT2D eigenvalue weighted by Gasteiger charge is -2.37. The maximum atomic E-state index is 9.88. The highest BCUT2D eigenvalue weighted by molar-refractivity contribution is 4.87. The fourth-order valence-electron chi connectivity index (χ4n) is 2.82. The van der Waals surface area contributed by atoms with Crippen LogP contribution >= 0.6 is 0 Å². The van der Waals surface area contributed by atoms with Crippen molar-refractivity contribution in [1.82, 2.24) is 0 Å². The van der Waals surface area contributed by atoms with Gasteiger partial charge in [-0.05, 0) is 25.8 Å². The van der Waals surface area contributed by atoms with E-state index in [0.29, 0.717) is 6.61 Å². The van der Waals surface area contributed by atoms with Crippen molar-refractivity contribution in [2.45, 2.75) is 52.4 Å². The maximum Gasteiger partial charge on any atom is 0.192 e. The summed E-state index contributed by atoms with van der Waals surface area (Å²) in [7, 11) is 0. The van der Waals surface area contributed by atoms with Crippen LogP contribution in [0.5, 0.6) is 0 Å². The summed E-state index contributed by atoms with van der Waals surface area (Å²) in [6.45, 7) is 11.8. The first-order valence-corrected chi connectivity index (χ1v) is 7.62. The number of rotatable bonds is 10. The molecular weight excluding hydrogens is 242 g/mol. The van der Waals surface area contributed by atoms with Crippen molar-refractivity contribution in [1.29, 1.82) is 0 Å². The molecule has 0 fully saturated rings. The van der Waals surface area contributed by atoms with Crippen molar-refractivity contribution in [2.24, 2.45) is 0 Å². The highest BCUT2D eigenvalue weighted by atomic mass is 16.6. The SMILES string of the molecule is CCC[N+](CC)(CCC)CCOC(O)C1CC=CO1. The predicted octanol–water partition coefficient (Wildman–Crippen LogP) is 2.28. The van der Waals surface area contributed by atoms with E-state index in [9.17, 15) is 5.11 Å². The fourth-order valence-corrected chi connectivity index (χ4v) is 2.82. The van der Waals surface area contributed by atoms with E-state index in [0.717, 1.165) is 24.0 Å². The van der Waals surface area contributed by atoms with Crippen LogP contribution in [0.15, 0.2) is 12.3 Å². The molecule has 0 aromatic rings. The summed E-state index contributed by atoms with van der Waals surface area (Å²) in [5.41, 5.74) is 0. The Kier molecular flexibility index (Phi) is 7.42. The highest BCUT2D eigenvalue weighted by Crippen LogP contribution is 2.15. The van der Waals surface area contributed by atoms with E-state index in [1.165, 1.54) is 25.9 Å². The molecule has 0 radical (unpaired) electrons. The Bertz CT molecular complexity index is 254. The summed E-state index contributed by atoms with van der Waals surface area (Å²) in [6, 6.07) is 0. The Balaban J connectivity index is 2.34. The quantitative estimate of drug-likeness (QED) is 0.490. The minimum Gasteiger partial charge on any atom is -0.493 e. The van der Waals surface area contributed by atoms with Crippen LogP contribution in [0.1, 0.15) is 40.0 Å². The second-order valence-electron chi connectivity index (χ2n) is 5.37. The van der Waals surface area contributed by atoms with Crippen LogP contribution in [0.25, 0.3) is 0 Å². The smallest absolute Gasteiger partial charge is 0.192 e. The first-order valence-electron chi connectivity index (χ1n) is 7.62. The van der Waals surface area contributed by atoms with Gasteiger partial charge in [0.2, 0.25) is 0 Å². The van der Waals surface area contributed by atoms with Gasteiger partial charge in [-0.2, -0.15) is 0 Å². The normalized spacial score (nSPS) is 20.5. The van der Waals surface area contributed by atoms with Gasteiger partial charge >= 0.3 is 0 Å². The largest absolute Gasteiger partial charge is 0.493 e. The maximum absolute atomic E-state index is 9.88. The second-order valence-corrected chi connectivity index (χ2v) is 5.37. The minimum atomic E-state index is -0.808. The molecule has 1 aliphatic heterocycles. The van der Waals surface area contributed by atoms with Crippen LogP contribution in [0.4, 0.5) is 0 Å². The van der Waals surface area contributed by atoms with Crippen molar-refractivity contribution >= 4 is 0 Å². The lowest BCUT2D eigenvalue weighted by molar-refractivity contribution is -0.927. The van der Waals surface area contributed by atoms with Gasteiger partial charge in [0.25, 0.3) is 0 Å². The number of hydrogen-bond acceptors (Lipinski definition) is 3. The van der Waals surface area contributed by atoms with E-state index in [2.05, 4.69) is 20.8 Å². The molecule has 0 aliphatic carbocycles. The average Bonchev–Trinajstić information content (AvgIpc) is 2.93. The Morgan fingerprint density at radius 1 is 1.26 bits per heavy atom. The Morgan fingerprint density at radius 3 is 2.42 bits per heavy atom. The number of hydrogen-bond donors (Lipinski definition) is 1. The van der Waals surface area contributed by atoms with Crippen LogP contribution in [-0.4, -0.2) is 54.8 Å². The van der Waals surface area contributed by atoms with Gasteiger partial charge in [0.1, 0.15) is 6.54 Å². The van der Waals surface area contributed by atoms with Crippen molar-refractivity contribution < 1.29 is 19.1 Å². The first kappa shape index (κ1) is 16.5. The number of ether oxygens (including phenoxy) is 2. The third-order valence-corrected chi connectivity index (χ3v) is 3.96. The molecule has 2 unspecified atom stereocenters. The molecule has 1 heterocycles.